The Morgan fingerprint density at radius 3 is 2.88 bits per heavy atom. The quantitative estimate of drug-likeness (QED) is 0.665. The lowest BCUT2D eigenvalue weighted by Gasteiger charge is -2.07. The average Bonchev–Trinajstić information content (AvgIpc) is 3.21. The molecule has 1 saturated carbocycles. The van der Waals surface area contributed by atoms with Gasteiger partial charge < -0.3 is 9.73 Å². The van der Waals surface area contributed by atoms with Crippen LogP contribution < -0.4 is 5.32 Å². The molecule has 0 aromatic carbocycles. The Hall–Kier alpha value is -3.15. The number of amides is 1. The molecule has 6 heteroatoms. The fourth-order valence-corrected chi connectivity index (χ4v) is 2.87. The van der Waals surface area contributed by atoms with Crippen LogP contribution >= 0.6 is 0 Å². The largest absolute Gasteiger partial charge is 0.465 e. The summed E-state index contributed by atoms with van der Waals surface area (Å²) in [4.78, 5) is 16.0. The Balaban J connectivity index is 1.38. The van der Waals surface area contributed by atoms with E-state index in [1.165, 1.54) is 24.6 Å². The molecule has 1 aliphatic carbocycles. The first-order chi connectivity index (χ1) is 12.8. The van der Waals surface area contributed by atoms with Crippen molar-refractivity contribution in [2.45, 2.75) is 25.3 Å². The van der Waals surface area contributed by atoms with Crippen molar-refractivity contribution in [1.82, 2.24) is 20.1 Å². The fourth-order valence-electron chi connectivity index (χ4n) is 2.87. The highest BCUT2D eigenvalue weighted by molar-refractivity contribution is 5.91. The Kier molecular flexibility index (Phi) is 4.64. The van der Waals surface area contributed by atoms with Gasteiger partial charge in [-0.3, -0.25) is 14.5 Å². The molecular weight excluding hydrogens is 328 g/mol. The van der Waals surface area contributed by atoms with E-state index >= 15 is 0 Å². The fraction of sp³-hybridized carbons (Fsp3) is 0.250. The molecule has 1 fully saturated rings. The van der Waals surface area contributed by atoms with E-state index in [1.807, 2.05) is 16.8 Å². The van der Waals surface area contributed by atoms with E-state index in [2.05, 4.69) is 16.4 Å². The number of hydrogen-bond acceptors (Lipinski definition) is 4. The first-order valence-corrected chi connectivity index (χ1v) is 8.77. The molecule has 4 rings (SSSR count). The lowest BCUT2D eigenvalue weighted by molar-refractivity contribution is -0.116. The topological polar surface area (TPSA) is 73.0 Å². The maximum atomic E-state index is 11.9. The van der Waals surface area contributed by atoms with Crippen LogP contribution in [0.3, 0.4) is 0 Å². The molecule has 6 nitrogen and oxygen atoms in total. The van der Waals surface area contributed by atoms with Crippen LogP contribution in [0.25, 0.3) is 17.3 Å². The highest BCUT2D eigenvalue weighted by Crippen LogP contribution is 2.41. The van der Waals surface area contributed by atoms with Gasteiger partial charge in [0, 0.05) is 42.2 Å². The zero-order valence-electron chi connectivity index (χ0n) is 14.3. The zero-order valence-corrected chi connectivity index (χ0v) is 14.3. The lowest BCUT2D eigenvalue weighted by atomic mass is 10.2. The van der Waals surface area contributed by atoms with Crippen LogP contribution in [0, 0.1) is 0 Å². The summed E-state index contributed by atoms with van der Waals surface area (Å²) in [6, 6.07) is 9.67. The molecule has 0 saturated heterocycles. The second kappa shape index (κ2) is 7.39. The third kappa shape index (κ3) is 3.91. The number of hydrogen-bond donors (Lipinski definition) is 1. The van der Waals surface area contributed by atoms with E-state index in [-0.39, 0.29) is 5.91 Å². The normalized spacial score (nSPS) is 14.0. The van der Waals surface area contributed by atoms with Crippen molar-refractivity contribution in [3.63, 3.8) is 0 Å². The van der Waals surface area contributed by atoms with Gasteiger partial charge in [-0.2, -0.15) is 5.10 Å². The third-order valence-electron chi connectivity index (χ3n) is 4.35. The highest BCUT2D eigenvalue weighted by atomic mass is 16.3. The molecule has 26 heavy (non-hydrogen) atoms. The van der Waals surface area contributed by atoms with E-state index in [9.17, 15) is 4.79 Å². The molecule has 1 amide bonds. The number of carbonyl (C=O) groups excluding carboxylic acids is 1. The van der Waals surface area contributed by atoms with Gasteiger partial charge in [-0.1, -0.05) is 0 Å². The van der Waals surface area contributed by atoms with Crippen molar-refractivity contribution in [2.24, 2.45) is 0 Å². The van der Waals surface area contributed by atoms with Crippen LogP contribution in [0.2, 0.25) is 0 Å². The summed E-state index contributed by atoms with van der Waals surface area (Å²) < 4.78 is 7.18. The van der Waals surface area contributed by atoms with Gasteiger partial charge in [-0.15, -0.1) is 0 Å². The van der Waals surface area contributed by atoms with Crippen molar-refractivity contribution < 1.29 is 9.21 Å². The van der Waals surface area contributed by atoms with Gasteiger partial charge in [0.15, 0.2) is 0 Å². The van der Waals surface area contributed by atoms with Crippen molar-refractivity contribution in [2.75, 3.05) is 6.54 Å². The molecule has 3 aromatic rings. The van der Waals surface area contributed by atoms with E-state index in [4.69, 9.17) is 9.52 Å². The van der Waals surface area contributed by atoms with Crippen LogP contribution in [0.15, 0.2) is 59.5 Å². The van der Waals surface area contributed by atoms with Crippen LogP contribution in [0.1, 0.15) is 30.2 Å². The van der Waals surface area contributed by atoms with Gasteiger partial charge in [0.1, 0.15) is 5.76 Å². The second-order valence-corrected chi connectivity index (χ2v) is 6.33. The number of carbonyl (C=O) groups is 1. The number of nitrogens with zero attached hydrogens (tertiary/aromatic N) is 3. The van der Waals surface area contributed by atoms with E-state index in [0.29, 0.717) is 24.8 Å². The van der Waals surface area contributed by atoms with Crippen LogP contribution in [0.4, 0.5) is 0 Å². The molecule has 0 atom stereocenters. The summed E-state index contributed by atoms with van der Waals surface area (Å²) in [6.45, 7) is 1.18. The molecular formula is C20H20N4O2. The third-order valence-corrected chi connectivity index (χ3v) is 4.35. The summed E-state index contributed by atoms with van der Waals surface area (Å²) in [5.41, 5.74) is 3.27. The second-order valence-electron chi connectivity index (χ2n) is 6.33. The molecule has 0 spiro atoms. The van der Waals surface area contributed by atoms with E-state index < -0.39 is 0 Å². The molecule has 1 aliphatic rings. The molecule has 0 bridgehead atoms. The maximum Gasteiger partial charge on any atom is 0.244 e. The SMILES string of the molecule is O=C(/C=C/c1ccco1)NCCn1nc(-c2ccncc2)cc1C1CC1. The Morgan fingerprint density at radius 1 is 1.31 bits per heavy atom. The number of pyridine rings is 1. The number of furan rings is 1. The number of rotatable bonds is 7. The molecule has 0 unspecified atom stereocenters. The lowest BCUT2D eigenvalue weighted by Crippen LogP contribution is -2.26. The van der Waals surface area contributed by atoms with Gasteiger partial charge in [0.2, 0.25) is 5.91 Å². The average molecular weight is 348 g/mol. The molecule has 132 valence electrons. The number of aromatic nitrogens is 3. The standard InChI is InChI=1S/C20H20N4O2/c25-20(6-5-17-2-1-13-26-17)22-11-12-24-19(16-3-4-16)14-18(23-24)15-7-9-21-10-8-15/h1-2,5-10,13-14,16H,3-4,11-12H2,(H,22,25)/b6-5+. The molecule has 0 radical (unpaired) electrons. The van der Waals surface area contributed by atoms with Crippen molar-refractivity contribution in [3.8, 4) is 11.3 Å². The van der Waals surface area contributed by atoms with Gasteiger partial charge in [0.25, 0.3) is 0 Å². The Labute approximate surface area is 151 Å². The molecule has 0 aliphatic heterocycles. The first-order valence-electron chi connectivity index (χ1n) is 8.77. The minimum absolute atomic E-state index is 0.143. The molecule has 1 N–H and O–H groups in total. The first kappa shape index (κ1) is 16.3. The molecule has 3 heterocycles. The number of nitrogens with one attached hydrogen (secondary N) is 1. The van der Waals surface area contributed by atoms with Gasteiger partial charge in [-0.05, 0) is 49.2 Å². The minimum Gasteiger partial charge on any atom is -0.465 e. The molecule has 3 aromatic heterocycles. The van der Waals surface area contributed by atoms with Crippen molar-refractivity contribution in [1.29, 1.82) is 0 Å². The van der Waals surface area contributed by atoms with Crippen LogP contribution in [-0.4, -0.2) is 27.2 Å². The van der Waals surface area contributed by atoms with Crippen molar-refractivity contribution in [3.05, 3.63) is 66.5 Å². The predicted octanol–water partition coefficient (Wildman–Crippen LogP) is 3.25. The Bertz CT molecular complexity index is 893. The summed E-state index contributed by atoms with van der Waals surface area (Å²) >= 11 is 0. The predicted molar refractivity (Wildman–Crippen MR) is 98.2 cm³/mol. The van der Waals surface area contributed by atoms with E-state index in [1.54, 1.807) is 36.9 Å². The van der Waals surface area contributed by atoms with Gasteiger partial charge in [-0.25, -0.2) is 0 Å². The zero-order chi connectivity index (χ0) is 17.8. The highest BCUT2D eigenvalue weighted by Gasteiger charge is 2.28. The Morgan fingerprint density at radius 2 is 2.15 bits per heavy atom. The van der Waals surface area contributed by atoms with E-state index in [0.717, 1.165) is 11.3 Å². The maximum absolute atomic E-state index is 11.9. The summed E-state index contributed by atoms with van der Waals surface area (Å²) in [5.74, 6) is 1.11. The van der Waals surface area contributed by atoms with Crippen LogP contribution in [0.5, 0.6) is 0 Å². The smallest absolute Gasteiger partial charge is 0.244 e. The summed E-state index contributed by atoms with van der Waals surface area (Å²) in [5, 5.41) is 7.62. The van der Waals surface area contributed by atoms with Gasteiger partial charge >= 0.3 is 0 Å². The summed E-state index contributed by atoms with van der Waals surface area (Å²) in [6.07, 6.45) is 10.7. The monoisotopic (exact) mass is 348 g/mol. The minimum atomic E-state index is -0.143. The van der Waals surface area contributed by atoms with Crippen molar-refractivity contribution >= 4 is 12.0 Å². The summed E-state index contributed by atoms with van der Waals surface area (Å²) in [7, 11) is 0. The van der Waals surface area contributed by atoms with Gasteiger partial charge in [0.05, 0.1) is 18.5 Å². The van der Waals surface area contributed by atoms with Crippen LogP contribution in [-0.2, 0) is 11.3 Å².